The van der Waals surface area contributed by atoms with Crippen LogP contribution in [0.2, 0.25) is 0 Å². The smallest absolute Gasteiger partial charge is 0.271 e. The van der Waals surface area contributed by atoms with Gasteiger partial charge in [-0.05, 0) is 49.3 Å². The Morgan fingerprint density at radius 1 is 1.11 bits per heavy atom. The Labute approximate surface area is 214 Å². The summed E-state index contributed by atoms with van der Waals surface area (Å²) in [6.07, 6.45) is 5.10. The van der Waals surface area contributed by atoms with E-state index < -0.39 is 10.1 Å². The summed E-state index contributed by atoms with van der Waals surface area (Å²) in [5.74, 6) is 1.16. The Kier molecular flexibility index (Phi) is 7.75. The molecule has 10 heteroatoms. The number of aryl methyl sites for hydroxylation is 1. The first kappa shape index (κ1) is 25.6. The molecule has 0 aliphatic carbocycles. The molecule has 2 aromatic carbocycles. The molecule has 0 unspecified atom stereocenters. The van der Waals surface area contributed by atoms with Gasteiger partial charge in [-0.2, -0.15) is 13.0 Å². The molecule has 35 heavy (non-hydrogen) atoms. The highest BCUT2D eigenvalue weighted by Crippen LogP contribution is 2.47. The van der Waals surface area contributed by atoms with Crippen LogP contribution in [0.4, 0.5) is 5.69 Å². The number of fused-ring (bicyclic) bond motifs is 2. The zero-order valence-electron chi connectivity index (χ0n) is 20.1. The maximum absolute atomic E-state index is 11.5. The number of allylic oxidation sites excluding steroid dienone is 2. The van der Waals surface area contributed by atoms with Gasteiger partial charge in [0.25, 0.3) is 15.1 Å². The lowest BCUT2D eigenvalue weighted by molar-refractivity contribution is -0.664. The van der Waals surface area contributed by atoms with Gasteiger partial charge in [0.05, 0.1) is 31.0 Å². The van der Waals surface area contributed by atoms with Crippen LogP contribution in [-0.4, -0.2) is 39.5 Å². The van der Waals surface area contributed by atoms with Gasteiger partial charge in [-0.25, -0.2) is 0 Å². The van der Waals surface area contributed by atoms with Crippen molar-refractivity contribution in [1.82, 2.24) is 0 Å². The van der Waals surface area contributed by atoms with Gasteiger partial charge in [0.2, 0.25) is 5.52 Å². The van der Waals surface area contributed by atoms with Crippen LogP contribution in [-0.2, 0) is 16.7 Å². The summed E-state index contributed by atoms with van der Waals surface area (Å²) < 4.78 is 46.1. The van der Waals surface area contributed by atoms with E-state index in [2.05, 4.69) is 43.0 Å². The van der Waals surface area contributed by atoms with Gasteiger partial charge < -0.3 is 14.4 Å². The number of hydrogen-bond acceptors (Lipinski definition) is 7. The first-order valence-electron chi connectivity index (χ1n) is 11.3. The molecule has 0 spiro atoms. The van der Waals surface area contributed by atoms with Crippen LogP contribution in [0.1, 0.15) is 25.3 Å². The molecule has 0 saturated carbocycles. The first-order valence-corrected chi connectivity index (χ1v) is 14.5. The third kappa shape index (κ3) is 5.66. The molecule has 0 atom stereocenters. The minimum Gasteiger partial charge on any atom is -0.497 e. The van der Waals surface area contributed by atoms with E-state index in [9.17, 15) is 13.0 Å². The SMILES string of the molecule is CCC(=Cc1sc2ccc(OC)cc2[n+]1CCS(=O)(=O)O)C=C1Sc2ccc(OC)cc2N1CC. The number of rotatable bonds is 9. The number of thiazole rings is 1. The fourth-order valence-electron chi connectivity index (χ4n) is 3.96. The van der Waals surface area contributed by atoms with Crippen molar-refractivity contribution in [3.63, 3.8) is 0 Å². The molecule has 0 amide bonds. The average molecular weight is 534 g/mol. The molecule has 0 saturated heterocycles. The van der Waals surface area contributed by atoms with Crippen molar-refractivity contribution in [2.45, 2.75) is 31.7 Å². The lowest BCUT2D eigenvalue weighted by Crippen LogP contribution is -2.38. The largest absolute Gasteiger partial charge is 0.497 e. The molecule has 7 nitrogen and oxygen atoms in total. The van der Waals surface area contributed by atoms with Gasteiger partial charge in [-0.15, -0.1) is 0 Å². The van der Waals surface area contributed by atoms with Gasteiger partial charge in [-0.3, -0.25) is 4.55 Å². The van der Waals surface area contributed by atoms with Crippen molar-refractivity contribution in [3.8, 4) is 11.5 Å². The maximum Gasteiger partial charge on any atom is 0.271 e. The maximum atomic E-state index is 11.5. The summed E-state index contributed by atoms with van der Waals surface area (Å²) >= 11 is 3.31. The summed E-state index contributed by atoms with van der Waals surface area (Å²) in [4.78, 5) is 3.46. The van der Waals surface area contributed by atoms with Gasteiger partial charge in [-0.1, -0.05) is 30.0 Å². The van der Waals surface area contributed by atoms with Crippen LogP contribution in [0, 0.1) is 0 Å². The van der Waals surface area contributed by atoms with E-state index in [1.54, 1.807) is 37.3 Å². The van der Waals surface area contributed by atoms with Crippen LogP contribution in [0.3, 0.4) is 0 Å². The Morgan fingerprint density at radius 2 is 1.83 bits per heavy atom. The highest BCUT2D eigenvalue weighted by atomic mass is 32.2. The Balaban J connectivity index is 1.76. The third-order valence-electron chi connectivity index (χ3n) is 5.79. The number of aromatic nitrogens is 1. The van der Waals surface area contributed by atoms with E-state index in [0.29, 0.717) is 5.75 Å². The molecule has 1 aliphatic heterocycles. The zero-order valence-corrected chi connectivity index (χ0v) is 22.6. The number of hydrogen-bond donors (Lipinski definition) is 1. The van der Waals surface area contributed by atoms with Crippen molar-refractivity contribution >= 4 is 55.2 Å². The van der Waals surface area contributed by atoms with Gasteiger partial charge in [0.15, 0.2) is 6.54 Å². The molecule has 1 aliphatic rings. The number of nitrogens with zero attached hydrogens (tertiary/aromatic N) is 2. The van der Waals surface area contributed by atoms with Crippen molar-refractivity contribution in [2.24, 2.45) is 0 Å². The minimum atomic E-state index is -4.10. The molecule has 0 fully saturated rings. The van der Waals surface area contributed by atoms with Crippen molar-refractivity contribution < 1.29 is 27.0 Å². The van der Waals surface area contributed by atoms with Gasteiger partial charge in [0.1, 0.15) is 22.0 Å². The summed E-state index contributed by atoms with van der Waals surface area (Å²) in [7, 11) is -0.826. The number of methoxy groups -OCH3 is 2. The Hall–Kier alpha value is -2.53. The fourth-order valence-corrected chi connectivity index (χ4v) is 6.70. The number of thioether (sulfide) groups is 1. The van der Waals surface area contributed by atoms with E-state index in [1.165, 1.54) is 4.90 Å². The summed E-state index contributed by atoms with van der Waals surface area (Å²) in [6.45, 7) is 5.20. The molecule has 1 aromatic heterocycles. The highest BCUT2D eigenvalue weighted by Gasteiger charge is 2.26. The van der Waals surface area contributed by atoms with Crippen LogP contribution in [0.25, 0.3) is 16.3 Å². The van der Waals surface area contributed by atoms with Crippen molar-refractivity contribution in [2.75, 3.05) is 31.4 Å². The average Bonchev–Trinajstić information content (AvgIpc) is 3.37. The minimum absolute atomic E-state index is 0.145. The van der Waals surface area contributed by atoms with E-state index in [0.717, 1.165) is 50.2 Å². The molecule has 0 radical (unpaired) electrons. The first-order chi connectivity index (χ1) is 16.8. The second kappa shape index (κ2) is 10.6. The van der Waals surface area contributed by atoms with Gasteiger partial charge >= 0.3 is 0 Å². The molecule has 186 valence electrons. The lowest BCUT2D eigenvalue weighted by Gasteiger charge is -2.18. The quantitative estimate of drug-likeness (QED) is 0.293. The normalized spacial score (nSPS) is 15.2. The number of benzene rings is 2. The second-order valence-corrected chi connectivity index (χ2v) is 11.6. The van der Waals surface area contributed by atoms with E-state index >= 15 is 0 Å². The molecule has 2 heterocycles. The molecular formula is C25H29N2O5S3+. The van der Waals surface area contributed by atoms with Gasteiger partial charge in [0, 0.05) is 23.6 Å². The number of anilines is 1. The molecular weight excluding hydrogens is 504 g/mol. The van der Waals surface area contributed by atoms with E-state index in [4.69, 9.17) is 9.47 Å². The molecule has 0 bridgehead atoms. The Bertz CT molecular complexity index is 1410. The van der Waals surface area contributed by atoms with Crippen LogP contribution >= 0.6 is 23.1 Å². The van der Waals surface area contributed by atoms with E-state index in [-0.39, 0.29) is 12.3 Å². The van der Waals surface area contributed by atoms with E-state index in [1.807, 2.05) is 28.8 Å². The molecule has 3 aromatic rings. The predicted molar refractivity (Wildman–Crippen MR) is 143 cm³/mol. The molecule has 4 rings (SSSR count). The number of ether oxygens (including phenoxy) is 2. The standard InChI is InChI=1S/C25H28N2O5S3/c1-5-17(13-24-26(6-2)20-15-18(31-3)7-9-22(20)33-24)14-25-27(11-12-35(28,29)30)21-16-19(32-4)8-10-23(21)34-25/h7-10,13-16H,5-6,11-12H2,1-4H3/p+1. The third-order valence-corrected chi connectivity index (χ3v) is 8.71. The van der Waals surface area contributed by atoms with Crippen molar-refractivity contribution in [3.05, 3.63) is 58.1 Å². The predicted octanol–water partition coefficient (Wildman–Crippen LogP) is 5.36. The summed E-state index contributed by atoms with van der Waals surface area (Å²) in [5.41, 5.74) is 3.12. The summed E-state index contributed by atoms with van der Waals surface area (Å²) in [6, 6.07) is 11.9. The highest BCUT2D eigenvalue weighted by molar-refractivity contribution is 8.03. The second-order valence-electron chi connectivity index (χ2n) is 7.95. The van der Waals surface area contributed by atoms with Crippen LogP contribution in [0.15, 0.2) is 58.0 Å². The fraction of sp³-hybridized carbons (Fsp3) is 0.320. The Morgan fingerprint density at radius 3 is 2.49 bits per heavy atom. The lowest BCUT2D eigenvalue weighted by atomic mass is 10.2. The van der Waals surface area contributed by atoms with Crippen LogP contribution in [0.5, 0.6) is 11.5 Å². The zero-order chi connectivity index (χ0) is 25.2. The molecule has 1 N–H and O–H groups in total. The monoisotopic (exact) mass is 533 g/mol. The van der Waals surface area contributed by atoms with Crippen molar-refractivity contribution in [1.29, 1.82) is 0 Å². The van der Waals surface area contributed by atoms with Crippen LogP contribution < -0.4 is 18.9 Å². The summed E-state index contributed by atoms with van der Waals surface area (Å²) in [5, 5.41) is 2.05. The topological polar surface area (TPSA) is 80.0 Å².